The lowest BCUT2D eigenvalue weighted by Gasteiger charge is -2.09. The predicted octanol–water partition coefficient (Wildman–Crippen LogP) is 3.40. The Morgan fingerprint density at radius 3 is 2.50 bits per heavy atom. The second kappa shape index (κ2) is 3.66. The van der Waals surface area contributed by atoms with Gasteiger partial charge >= 0.3 is 6.18 Å². The van der Waals surface area contributed by atoms with E-state index >= 15 is 0 Å². The zero-order chi connectivity index (χ0) is 11.8. The molecular weight excluding hydrogens is 217 g/mol. The van der Waals surface area contributed by atoms with Gasteiger partial charge in [-0.15, -0.1) is 0 Å². The van der Waals surface area contributed by atoms with E-state index in [0.717, 1.165) is 17.7 Å². The lowest BCUT2D eigenvalue weighted by Crippen LogP contribution is -2.05. The third-order valence-electron chi connectivity index (χ3n) is 2.34. The molecule has 2 rings (SSSR count). The van der Waals surface area contributed by atoms with Crippen molar-refractivity contribution in [3.05, 3.63) is 41.9 Å². The molecule has 0 saturated heterocycles. The van der Waals surface area contributed by atoms with E-state index in [1.807, 2.05) is 0 Å². The molecule has 0 bridgehead atoms. The second-order valence-corrected chi connectivity index (χ2v) is 3.49. The Morgan fingerprint density at radius 1 is 1.25 bits per heavy atom. The normalized spacial score (nSPS) is 11.8. The number of benzene rings is 1. The topological polar surface area (TPSA) is 28.7 Å². The van der Waals surface area contributed by atoms with Crippen molar-refractivity contribution in [1.82, 2.24) is 9.97 Å². The van der Waals surface area contributed by atoms with Gasteiger partial charge in [0, 0.05) is 5.56 Å². The third-order valence-corrected chi connectivity index (χ3v) is 2.34. The number of hydrogen-bond acceptors (Lipinski definition) is 1. The number of aromatic amines is 1. The molecule has 84 valence electrons. The minimum atomic E-state index is -4.29. The van der Waals surface area contributed by atoms with E-state index in [9.17, 15) is 13.2 Å². The maximum Gasteiger partial charge on any atom is 0.416 e. The van der Waals surface area contributed by atoms with Crippen LogP contribution in [0.4, 0.5) is 13.2 Å². The van der Waals surface area contributed by atoms with E-state index in [-0.39, 0.29) is 0 Å². The van der Waals surface area contributed by atoms with Crippen molar-refractivity contribution < 1.29 is 13.2 Å². The highest BCUT2D eigenvalue weighted by molar-refractivity contribution is 5.63. The van der Waals surface area contributed by atoms with Gasteiger partial charge < -0.3 is 4.98 Å². The minimum absolute atomic E-state index is 0.569. The lowest BCUT2D eigenvalue weighted by molar-refractivity contribution is -0.137. The van der Waals surface area contributed by atoms with E-state index < -0.39 is 11.7 Å². The molecule has 0 aliphatic heterocycles. The molecular formula is C11H9F3N2. The number of aryl methyl sites for hydroxylation is 1. The first-order valence-corrected chi connectivity index (χ1v) is 4.65. The van der Waals surface area contributed by atoms with Crippen molar-refractivity contribution in [3.8, 4) is 11.3 Å². The van der Waals surface area contributed by atoms with Gasteiger partial charge in [-0.05, 0) is 24.6 Å². The van der Waals surface area contributed by atoms with E-state index in [2.05, 4.69) is 9.97 Å². The number of imidazole rings is 1. The van der Waals surface area contributed by atoms with Gasteiger partial charge in [0.15, 0.2) is 0 Å². The van der Waals surface area contributed by atoms with Crippen LogP contribution in [0, 0.1) is 6.92 Å². The summed E-state index contributed by atoms with van der Waals surface area (Å²) in [4.78, 5) is 6.69. The summed E-state index contributed by atoms with van der Waals surface area (Å²) >= 11 is 0. The van der Waals surface area contributed by atoms with Crippen molar-refractivity contribution in [2.24, 2.45) is 0 Å². The molecule has 1 aromatic heterocycles. The molecule has 2 nitrogen and oxygen atoms in total. The number of rotatable bonds is 1. The summed E-state index contributed by atoms with van der Waals surface area (Å²) in [5.41, 5.74) is 1.38. The molecule has 0 unspecified atom stereocenters. The fourth-order valence-corrected chi connectivity index (χ4v) is 1.55. The summed E-state index contributed by atoms with van der Waals surface area (Å²) in [6.07, 6.45) is -1.22. The number of H-pyrrole nitrogens is 1. The number of hydrogen-bond donors (Lipinski definition) is 1. The lowest BCUT2D eigenvalue weighted by atomic mass is 10.0. The molecule has 0 aliphatic rings. The molecule has 1 heterocycles. The van der Waals surface area contributed by atoms with Gasteiger partial charge in [0.2, 0.25) is 0 Å². The first-order chi connectivity index (χ1) is 7.48. The SMILES string of the molecule is Cc1cc(C(F)(F)F)ccc1-c1cnc[nH]1. The van der Waals surface area contributed by atoms with Gasteiger partial charge in [-0.1, -0.05) is 6.07 Å². The molecule has 0 radical (unpaired) electrons. The van der Waals surface area contributed by atoms with Crippen LogP contribution in [0.25, 0.3) is 11.3 Å². The molecule has 0 amide bonds. The van der Waals surface area contributed by atoms with Crippen molar-refractivity contribution in [2.75, 3.05) is 0 Å². The van der Waals surface area contributed by atoms with Gasteiger partial charge in [-0.25, -0.2) is 4.98 Å². The molecule has 0 spiro atoms. The molecule has 0 saturated carbocycles. The highest BCUT2D eigenvalue weighted by Crippen LogP contribution is 2.32. The Kier molecular flexibility index (Phi) is 2.46. The van der Waals surface area contributed by atoms with Crippen LogP contribution in [-0.4, -0.2) is 9.97 Å². The summed E-state index contributed by atoms with van der Waals surface area (Å²) < 4.78 is 37.3. The molecule has 16 heavy (non-hydrogen) atoms. The number of halogens is 3. The van der Waals surface area contributed by atoms with Gasteiger partial charge in [0.05, 0.1) is 23.8 Å². The average Bonchev–Trinajstić information content (AvgIpc) is 2.69. The van der Waals surface area contributed by atoms with Crippen molar-refractivity contribution in [2.45, 2.75) is 13.1 Å². The first-order valence-electron chi connectivity index (χ1n) is 4.65. The van der Waals surface area contributed by atoms with Crippen LogP contribution in [0.15, 0.2) is 30.7 Å². The summed E-state index contributed by atoms with van der Waals surface area (Å²) in [5, 5.41) is 0. The molecule has 1 aromatic carbocycles. The van der Waals surface area contributed by atoms with Crippen molar-refractivity contribution in [3.63, 3.8) is 0 Å². The van der Waals surface area contributed by atoms with Crippen LogP contribution in [0.2, 0.25) is 0 Å². The summed E-state index contributed by atoms with van der Waals surface area (Å²) in [5.74, 6) is 0. The summed E-state index contributed by atoms with van der Waals surface area (Å²) in [7, 11) is 0. The predicted molar refractivity (Wildman–Crippen MR) is 53.8 cm³/mol. The van der Waals surface area contributed by atoms with Crippen LogP contribution in [0.1, 0.15) is 11.1 Å². The van der Waals surface area contributed by atoms with E-state index in [0.29, 0.717) is 11.3 Å². The van der Waals surface area contributed by atoms with Crippen LogP contribution < -0.4 is 0 Å². The van der Waals surface area contributed by atoms with E-state index in [4.69, 9.17) is 0 Å². The first kappa shape index (κ1) is 10.7. The molecule has 1 N–H and O–H groups in total. The van der Waals surface area contributed by atoms with Crippen LogP contribution >= 0.6 is 0 Å². The standard InChI is InChI=1S/C11H9F3N2/c1-7-4-8(11(12,13)14)2-3-9(7)10-5-15-6-16-10/h2-6H,1H3,(H,15,16). The van der Waals surface area contributed by atoms with Gasteiger partial charge in [0.1, 0.15) is 0 Å². The molecule has 5 heteroatoms. The van der Waals surface area contributed by atoms with Crippen LogP contribution in [0.5, 0.6) is 0 Å². The van der Waals surface area contributed by atoms with Gasteiger partial charge in [0.25, 0.3) is 0 Å². The highest BCUT2D eigenvalue weighted by Gasteiger charge is 2.30. The van der Waals surface area contributed by atoms with E-state index in [1.165, 1.54) is 12.4 Å². The highest BCUT2D eigenvalue weighted by atomic mass is 19.4. The monoisotopic (exact) mass is 226 g/mol. The van der Waals surface area contributed by atoms with Gasteiger partial charge in [-0.3, -0.25) is 0 Å². The smallest absolute Gasteiger partial charge is 0.345 e. The molecule has 2 aromatic rings. The van der Waals surface area contributed by atoms with Gasteiger partial charge in [-0.2, -0.15) is 13.2 Å². The van der Waals surface area contributed by atoms with Crippen molar-refractivity contribution in [1.29, 1.82) is 0 Å². The Balaban J connectivity index is 2.46. The third kappa shape index (κ3) is 1.93. The minimum Gasteiger partial charge on any atom is -0.345 e. The maximum absolute atomic E-state index is 12.4. The average molecular weight is 226 g/mol. The van der Waals surface area contributed by atoms with Crippen molar-refractivity contribution >= 4 is 0 Å². The molecule has 0 atom stereocenters. The zero-order valence-electron chi connectivity index (χ0n) is 8.47. The quantitative estimate of drug-likeness (QED) is 0.793. The maximum atomic E-state index is 12.4. The number of nitrogens with zero attached hydrogens (tertiary/aromatic N) is 1. The molecule has 0 fully saturated rings. The Hall–Kier alpha value is -1.78. The fraction of sp³-hybridized carbons (Fsp3) is 0.182. The second-order valence-electron chi connectivity index (χ2n) is 3.49. The Morgan fingerprint density at radius 2 is 2.00 bits per heavy atom. The number of alkyl halides is 3. The van der Waals surface area contributed by atoms with E-state index in [1.54, 1.807) is 13.1 Å². The Labute approximate surface area is 90.1 Å². The fourth-order valence-electron chi connectivity index (χ4n) is 1.55. The zero-order valence-corrected chi connectivity index (χ0v) is 8.47. The van der Waals surface area contributed by atoms with Crippen LogP contribution in [0.3, 0.4) is 0 Å². The number of nitrogens with one attached hydrogen (secondary N) is 1. The summed E-state index contributed by atoms with van der Waals surface area (Å²) in [6.45, 7) is 1.64. The number of aromatic nitrogens is 2. The van der Waals surface area contributed by atoms with Crippen LogP contribution in [-0.2, 0) is 6.18 Å². The largest absolute Gasteiger partial charge is 0.416 e. The Bertz CT molecular complexity index is 486. The summed E-state index contributed by atoms with van der Waals surface area (Å²) in [6, 6.07) is 3.66. The molecule has 0 aliphatic carbocycles.